The van der Waals surface area contributed by atoms with Crippen molar-refractivity contribution in [3.63, 3.8) is 0 Å². The van der Waals surface area contributed by atoms with Gasteiger partial charge in [0.15, 0.2) is 0 Å². The minimum absolute atomic E-state index is 0.0196. The molecule has 0 bridgehead atoms. The van der Waals surface area contributed by atoms with E-state index in [-0.39, 0.29) is 36.8 Å². The number of rotatable bonds is 4. The molecule has 1 saturated carbocycles. The Hall–Kier alpha value is -2.42. The van der Waals surface area contributed by atoms with Gasteiger partial charge >= 0.3 is 6.09 Å². The van der Waals surface area contributed by atoms with E-state index in [1.54, 1.807) is 32.8 Å². The first-order valence-corrected chi connectivity index (χ1v) is 12.0. The largest absolute Gasteiger partial charge is 0.444 e. The van der Waals surface area contributed by atoms with Gasteiger partial charge in [-0.2, -0.15) is 0 Å². The van der Waals surface area contributed by atoms with E-state index in [1.807, 2.05) is 24.3 Å². The number of fused-ring (bicyclic) bond motifs is 3. The van der Waals surface area contributed by atoms with Crippen LogP contribution in [0.1, 0.15) is 58.1 Å². The smallest absolute Gasteiger partial charge is 0.407 e. The molecule has 2 N–H and O–H groups in total. The number of anilines is 1. The zero-order chi connectivity index (χ0) is 24.7. The lowest BCUT2D eigenvalue weighted by Crippen LogP contribution is -2.54. The Morgan fingerprint density at radius 2 is 1.97 bits per heavy atom. The van der Waals surface area contributed by atoms with E-state index < -0.39 is 36.0 Å². The third-order valence-electron chi connectivity index (χ3n) is 7.06. The third-order valence-corrected chi connectivity index (χ3v) is 7.06. The van der Waals surface area contributed by atoms with Crippen molar-refractivity contribution in [1.82, 2.24) is 10.2 Å². The summed E-state index contributed by atoms with van der Waals surface area (Å²) in [6, 6.07) is 6.91. The SMILES string of the molecule is COC[C@@H]1Nc2ccccc2[C@H]2[C@@H]1CCN2C(=O)[C@H]1CC(F)(F)CC[C@H]1NC(=O)OC(C)(C)C. The molecule has 4 rings (SSSR count). The fraction of sp³-hybridized carbons (Fsp3) is 0.680. The number of alkyl halides is 2. The van der Waals surface area contributed by atoms with Gasteiger partial charge < -0.3 is 25.0 Å². The maximum atomic E-state index is 14.5. The van der Waals surface area contributed by atoms with Crippen molar-refractivity contribution >= 4 is 17.7 Å². The zero-order valence-electron chi connectivity index (χ0n) is 20.3. The van der Waals surface area contributed by atoms with Crippen LogP contribution >= 0.6 is 0 Å². The zero-order valence-corrected chi connectivity index (χ0v) is 20.3. The van der Waals surface area contributed by atoms with Crippen LogP contribution in [0.2, 0.25) is 0 Å². The number of nitrogens with zero attached hydrogens (tertiary/aromatic N) is 1. The van der Waals surface area contributed by atoms with Gasteiger partial charge in [0.1, 0.15) is 5.60 Å². The van der Waals surface area contributed by atoms with Gasteiger partial charge in [-0.1, -0.05) is 18.2 Å². The summed E-state index contributed by atoms with van der Waals surface area (Å²) in [5.74, 6) is -4.19. The van der Waals surface area contributed by atoms with Crippen molar-refractivity contribution in [2.45, 2.75) is 76.1 Å². The molecular weight excluding hydrogens is 444 g/mol. The standard InChI is InChI=1S/C25H35F2N3O4/c1-24(2,3)34-23(32)29-19-9-11-25(26,27)13-17(19)22(31)30-12-10-16-20(14-33-4)28-18-8-6-5-7-15(18)21(16)30/h5-8,16-17,19-21,28H,9-14H2,1-4H3,(H,29,32)/t16-,17+,19-,20+,21+/m1/s1. The molecule has 7 nitrogen and oxygen atoms in total. The molecule has 188 valence electrons. The highest BCUT2D eigenvalue weighted by Crippen LogP contribution is 2.48. The number of ether oxygens (including phenoxy) is 2. The Morgan fingerprint density at radius 3 is 2.68 bits per heavy atom. The fourth-order valence-corrected chi connectivity index (χ4v) is 5.66. The van der Waals surface area contributed by atoms with Crippen LogP contribution in [0, 0.1) is 11.8 Å². The molecule has 3 aliphatic rings. The second-order valence-corrected chi connectivity index (χ2v) is 10.7. The number of amides is 2. The first-order valence-electron chi connectivity index (χ1n) is 12.0. The molecule has 0 unspecified atom stereocenters. The summed E-state index contributed by atoms with van der Waals surface area (Å²) in [4.78, 5) is 28.0. The summed E-state index contributed by atoms with van der Waals surface area (Å²) in [7, 11) is 1.64. The molecule has 1 saturated heterocycles. The molecule has 0 spiro atoms. The number of alkyl carbamates (subject to hydrolysis) is 1. The molecule has 2 heterocycles. The summed E-state index contributed by atoms with van der Waals surface area (Å²) < 4.78 is 39.7. The van der Waals surface area contributed by atoms with Gasteiger partial charge in [-0.25, -0.2) is 13.6 Å². The summed E-state index contributed by atoms with van der Waals surface area (Å²) in [5.41, 5.74) is 1.20. The van der Waals surface area contributed by atoms with Gasteiger partial charge in [0.05, 0.1) is 24.6 Å². The van der Waals surface area contributed by atoms with E-state index in [2.05, 4.69) is 10.6 Å². The number of hydrogen-bond acceptors (Lipinski definition) is 5. The normalized spacial score (nSPS) is 30.1. The van der Waals surface area contributed by atoms with E-state index >= 15 is 0 Å². The first-order chi connectivity index (χ1) is 16.0. The Kier molecular flexibility index (Phi) is 6.77. The number of nitrogens with one attached hydrogen (secondary N) is 2. The molecule has 9 heteroatoms. The Bertz CT molecular complexity index is 920. The number of methoxy groups -OCH3 is 1. The number of hydrogen-bond donors (Lipinski definition) is 2. The van der Waals surface area contributed by atoms with Crippen LogP contribution in [0.3, 0.4) is 0 Å². The highest BCUT2D eigenvalue weighted by atomic mass is 19.3. The minimum Gasteiger partial charge on any atom is -0.444 e. The highest BCUT2D eigenvalue weighted by molar-refractivity contribution is 5.82. The van der Waals surface area contributed by atoms with Crippen LogP contribution in [0.5, 0.6) is 0 Å². The molecule has 0 radical (unpaired) electrons. The van der Waals surface area contributed by atoms with Crippen LogP contribution in [-0.4, -0.2) is 60.8 Å². The Morgan fingerprint density at radius 1 is 1.24 bits per heavy atom. The van der Waals surface area contributed by atoms with Crippen molar-refractivity contribution < 1.29 is 27.8 Å². The van der Waals surface area contributed by atoms with Crippen molar-refractivity contribution in [2.24, 2.45) is 11.8 Å². The summed E-state index contributed by atoms with van der Waals surface area (Å²) >= 11 is 0. The van der Waals surface area contributed by atoms with Crippen LogP contribution in [0.25, 0.3) is 0 Å². The van der Waals surface area contributed by atoms with Gasteiger partial charge in [0, 0.05) is 44.1 Å². The monoisotopic (exact) mass is 479 g/mol. The first kappa shape index (κ1) is 24.7. The number of benzene rings is 1. The molecule has 1 aliphatic carbocycles. The van der Waals surface area contributed by atoms with Crippen molar-refractivity contribution in [3.8, 4) is 0 Å². The van der Waals surface area contributed by atoms with Crippen molar-refractivity contribution in [2.75, 3.05) is 25.6 Å². The number of likely N-dealkylation sites (tertiary alicyclic amines) is 1. The van der Waals surface area contributed by atoms with Crippen LogP contribution in [0.4, 0.5) is 19.3 Å². The second-order valence-electron chi connectivity index (χ2n) is 10.7. The highest BCUT2D eigenvalue weighted by Gasteiger charge is 2.51. The quantitative estimate of drug-likeness (QED) is 0.672. The number of halogens is 2. The fourth-order valence-electron chi connectivity index (χ4n) is 5.66. The molecule has 34 heavy (non-hydrogen) atoms. The average molecular weight is 480 g/mol. The topological polar surface area (TPSA) is 79.9 Å². The second kappa shape index (κ2) is 9.32. The maximum absolute atomic E-state index is 14.5. The van der Waals surface area contributed by atoms with E-state index in [9.17, 15) is 18.4 Å². The van der Waals surface area contributed by atoms with Crippen molar-refractivity contribution in [1.29, 1.82) is 0 Å². The van der Waals surface area contributed by atoms with Crippen molar-refractivity contribution in [3.05, 3.63) is 29.8 Å². The van der Waals surface area contributed by atoms with E-state index in [0.29, 0.717) is 13.2 Å². The van der Waals surface area contributed by atoms with Crippen LogP contribution in [0.15, 0.2) is 24.3 Å². The maximum Gasteiger partial charge on any atom is 0.407 e. The average Bonchev–Trinajstić information content (AvgIpc) is 3.19. The molecular formula is C25H35F2N3O4. The number of para-hydroxylation sites is 1. The van der Waals surface area contributed by atoms with Gasteiger partial charge in [-0.3, -0.25) is 4.79 Å². The lowest BCUT2D eigenvalue weighted by molar-refractivity contribution is -0.146. The predicted octanol–water partition coefficient (Wildman–Crippen LogP) is 4.35. The summed E-state index contributed by atoms with van der Waals surface area (Å²) in [6.07, 6.45) is -0.867. The third kappa shape index (κ3) is 5.14. The number of carbonyl (C=O) groups excluding carboxylic acids is 2. The molecule has 2 fully saturated rings. The molecule has 1 aromatic rings. The van der Waals surface area contributed by atoms with Gasteiger partial charge in [-0.05, 0) is 45.2 Å². The molecule has 2 amide bonds. The summed E-state index contributed by atoms with van der Waals surface area (Å²) in [6.45, 7) is 6.17. The van der Waals surface area contributed by atoms with E-state index in [1.165, 1.54) is 0 Å². The van der Waals surface area contributed by atoms with Crippen LogP contribution in [-0.2, 0) is 14.3 Å². The minimum atomic E-state index is -2.95. The lowest BCUT2D eigenvalue weighted by atomic mass is 9.80. The van der Waals surface area contributed by atoms with Gasteiger partial charge in [-0.15, -0.1) is 0 Å². The lowest BCUT2D eigenvalue weighted by Gasteiger charge is -2.42. The molecule has 2 aliphatic heterocycles. The van der Waals surface area contributed by atoms with Crippen LogP contribution < -0.4 is 10.6 Å². The van der Waals surface area contributed by atoms with Gasteiger partial charge in [0.2, 0.25) is 11.8 Å². The molecule has 1 aromatic carbocycles. The van der Waals surface area contributed by atoms with Gasteiger partial charge in [0.25, 0.3) is 0 Å². The summed E-state index contributed by atoms with van der Waals surface area (Å²) in [5, 5.41) is 6.24. The predicted molar refractivity (Wildman–Crippen MR) is 124 cm³/mol. The Balaban J connectivity index is 1.60. The molecule has 5 atom stereocenters. The molecule has 0 aromatic heterocycles. The Labute approximate surface area is 199 Å². The van der Waals surface area contributed by atoms with E-state index in [4.69, 9.17) is 9.47 Å². The van der Waals surface area contributed by atoms with E-state index in [0.717, 1.165) is 17.7 Å². The number of carbonyl (C=O) groups is 2.